The van der Waals surface area contributed by atoms with Gasteiger partial charge in [0.2, 0.25) is 11.8 Å². The molecule has 3 aromatic rings. The van der Waals surface area contributed by atoms with Crippen LogP contribution >= 0.6 is 23.2 Å². The van der Waals surface area contributed by atoms with E-state index < -0.39 is 0 Å². The van der Waals surface area contributed by atoms with Crippen LogP contribution < -0.4 is 10.6 Å². The second-order valence-electron chi connectivity index (χ2n) is 6.61. The van der Waals surface area contributed by atoms with Crippen molar-refractivity contribution >= 4 is 40.7 Å². The number of amides is 2. The first kappa shape index (κ1) is 21.9. The highest BCUT2D eigenvalue weighted by molar-refractivity contribution is 6.33. The Morgan fingerprint density at radius 3 is 2.50 bits per heavy atom. The number of benzene rings is 2. The molecule has 0 aliphatic carbocycles. The Morgan fingerprint density at radius 1 is 0.967 bits per heavy atom. The number of rotatable bonds is 9. The average molecular weight is 446 g/mol. The van der Waals surface area contributed by atoms with E-state index in [1.807, 2.05) is 18.2 Å². The monoisotopic (exact) mass is 445 g/mol. The molecule has 0 radical (unpaired) electrons. The van der Waals surface area contributed by atoms with Crippen molar-refractivity contribution in [2.75, 3.05) is 11.9 Å². The Morgan fingerprint density at radius 2 is 1.73 bits per heavy atom. The van der Waals surface area contributed by atoms with Crippen molar-refractivity contribution in [2.24, 2.45) is 0 Å². The summed E-state index contributed by atoms with van der Waals surface area (Å²) in [4.78, 5) is 28.1. The first-order valence-corrected chi connectivity index (χ1v) is 10.3. The summed E-state index contributed by atoms with van der Waals surface area (Å²) in [5.41, 5.74) is 1.45. The number of oxazole rings is 1. The molecule has 8 heteroatoms. The Kier molecular flexibility index (Phi) is 7.88. The molecule has 6 nitrogen and oxygen atoms in total. The number of nitrogens with zero attached hydrogens (tertiary/aromatic N) is 1. The summed E-state index contributed by atoms with van der Waals surface area (Å²) in [5, 5.41) is 6.78. The normalized spacial score (nSPS) is 10.6. The van der Waals surface area contributed by atoms with E-state index in [4.69, 9.17) is 27.6 Å². The molecule has 30 heavy (non-hydrogen) atoms. The van der Waals surface area contributed by atoms with Crippen molar-refractivity contribution in [1.82, 2.24) is 10.3 Å². The summed E-state index contributed by atoms with van der Waals surface area (Å²) in [5.74, 6) is 0.814. The highest BCUT2D eigenvalue weighted by Crippen LogP contribution is 2.28. The molecule has 0 atom stereocenters. The van der Waals surface area contributed by atoms with Crippen molar-refractivity contribution in [1.29, 1.82) is 0 Å². The van der Waals surface area contributed by atoms with Crippen LogP contribution in [-0.2, 0) is 16.0 Å². The minimum absolute atomic E-state index is 0.113. The Labute approximate surface area is 184 Å². The minimum atomic E-state index is -0.120. The van der Waals surface area contributed by atoms with Gasteiger partial charge in [0.05, 0.1) is 11.2 Å². The van der Waals surface area contributed by atoms with Crippen LogP contribution in [0.3, 0.4) is 0 Å². The summed E-state index contributed by atoms with van der Waals surface area (Å²) >= 11 is 12.0. The lowest BCUT2D eigenvalue weighted by Gasteiger charge is -2.06. The summed E-state index contributed by atoms with van der Waals surface area (Å²) in [7, 11) is 0. The molecule has 0 bridgehead atoms. The fourth-order valence-corrected chi connectivity index (χ4v) is 3.11. The molecular formula is C22H21Cl2N3O3. The average Bonchev–Trinajstić information content (AvgIpc) is 3.20. The third-order valence-corrected chi connectivity index (χ3v) is 4.87. The summed E-state index contributed by atoms with van der Waals surface area (Å²) in [6.45, 7) is 0.420. The van der Waals surface area contributed by atoms with Crippen molar-refractivity contribution in [3.63, 3.8) is 0 Å². The van der Waals surface area contributed by atoms with Gasteiger partial charge in [-0.25, -0.2) is 4.98 Å². The number of hydrogen-bond donors (Lipinski definition) is 2. The molecule has 2 amide bonds. The second-order valence-corrected chi connectivity index (χ2v) is 7.45. The summed E-state index contributed by atoms with van der Waals surface area (Å²) in [6, 6.07) is 14.2. The molecule has 156 valence electrons. The molecule has 0 fully saturated rings. The van der Waals surface area contributed by atoms with Crippen LogP contribution in [0.1, 0.15) is 25.2 Å². The number of carbonyl (C=O) groups is 2. The fraction of sp³-hybridized carbons (Fsp3) is 0.227. The first-order chi connectivity index (χ1) is 14.5. The third kappa shape index (κ3) is 6.61. The number of hydrogen-bond acceptors (Lipinski definition) is 4. The molecule has 0 saturated heterocycles. The maximum absolute atomic E-state index is 12.0. The van der Waals surface area contributed by atoms with Gasteiger partial charge in [0.25, 0.3) is 0 Å². The van der Waals surface area contributed by atoms with Gasteiger partial charge in [-0.2, -0.15) is 0 Å². The number of aryl methyl sites for hydroxylation is 1. The molecule has 2 N–H and O–H groups in total. The number of halogens is 2. The van der Waals surface area contributed by atoms with Crippen LogP contribution in [0.15, 0.2) is 59.1 Å². The highest BCUT2D eigenvalue weighted by atomic mass is 35.5. The van der Waals surface area contributed by atoms with E-state index in [1.54, 1.807) is 36.5 Å². The van der Waals surface area contributed by atoms with E-state index in [0.29, 0.717) is 53.2 Å². The van der Waals surface area contributed by atoms with Gasteiger partial charge in [0.1, 0.15) is 0 Å². The largest absolute Gasteiger partial charge is 0.441 e. The molecule has 2 aromatic carbocycles. The van der Waals surface area contributed by atoms with Crippen LogP contribution in [0.4, 0.5) is 5.69 Å². The van der Waals surface area contributed by atoms with Crippen molar-refractivity contribution in [3.05, 3.63) is 70.7 Å². The molecule has 3 rings (SSSR count). The highest BCUT2D eigenvalue weighted by Gasteiger charge is 2.11. The topological polar surface area (TPSA) is 84.2 Å². The summed E-state index contributed by atoms with van der Waals surface area (Å²) < 4.78 is 5.69. The number of aromatic nitrogens is 1. The lowest BCUT2D eigenvalue weighted by Crippen LogP contribution is -2.25. The first-order valence-electron chi connectivity index (χ1n) is 9.53. The van der Waals surface area contributed by atoms with Crippen LogP contribution in [0.2, 0.25) is 10.0 Å². The van der Waals surface area contributed by atoms with Gasteiger partial charge < -0.3 is 15.1 Å². The lowest BCUT2D eigenvalue weighted by molar-refractivity contribution is -0.121. The summed E-state index contributed by atoms with van der Waals surface area (Å²) in [6.07, 6.45) is 3.09. The van der Waals surface area contributed by atoms with E-state index in [0.717, 1.165) is 5.56 Å². The van der Waals surface area contributed by atoms with E-state index in [2.05, 4.69) is 15.6 Å². The van der Waals surface area contributed by atoms with Crippen molar-refractivity contribution in [3.8, 4) is 11.3 Å². The van der Waals surface area contributed by atoms with E-state index in [1.165, 1.54) is 0 Å². The number of nitrogens with one attached hydrogen (secondary N) is 2. The third-order valence-electron chi connectivity index (χ3n) is 4.29. The van der Waals surface area contributed by atoms with E-state index in [-0.39, 0.29) is 18.2 Å². The van der Waals surface area contributed by atoms with Gasteiger partial charge in [0, 0.05) is 42.1 Å². The fourth-order valence-electron chi connectivity index (χ4n) is 2.75. The van der Waals surface area contributed by atoms with Gasteiger partial charge in [-0.1, -0.05) is 35.3 Å². The molecule has 0 unspecified atom stereocenters. The zero-order valence-electron chi connectivity index (χ0n) is 16.2. The minimum Gasteiger partial charge on any atom is -0.441 e. The molecule has 0 aliphatic heterocycles. The van der Waals surface area contributed by atoms with Crippen LogP contribution in [-0.4, -0.2) is 23.3 Å². The second kappa shape index (κ2) is 10.8. The Hall–Kier alpha value is -2.83. The molecule has 0 spiro atoms. The van der Waals surface area contributed by atoms with E-state index >= 15 is 0 Å². The standard InChI is InChI=1S/C22H21Cl2N3O3/c23-15-7-9-16(10-8-15)27-21(29)6-3-13-25-20(28)11-12-22-26-14-19(30-22)17-4-1-2-5-18(17)24/h1-2,4-5,7-10,14H,3,6,11-13H2,(H,25,28)(H,27,29). The van der Waals surface area contributed by atoms with Crippen LogP contribution in [0.25, 0.3) is 11.3 Å². The van der Waals surface area contributed by atoms with Gasteiger partial charge in [-0.3, -0.25) is 9.59 Å². The number of carbonyl (C=O) groups excluding carboxylic acids is 2. The zero-order chi connectivity index (χ0) is 21.3. The smallest absolute Gasteiger partial charge is 0.224 e. The predicted octanol–water partition coefficient (Wildman–Crippen LogP) is 5.12. The van der Waals surface area contributed by atoms with Crippen LogP contribution in [0, 0.1) is 0 Å². The molecule has 0 saturated carbocycles. The van der Waals surface area contributed by atoms with Gasteiger partial charge in [-0.05, 0) is 42.8 Å². The van der Waals surface area contributed by atoms with Gasteiger partial charge in [0.15, 0.2) is 11.7 Å². The Bertz CT molecular complexity index is 1000. The SMILES string of the molecule is O=C(CCc1ncc(-c2ccccc2Cl)o1)NCCCC(=O)Nc1ccc(Cl)cc1. The quantitative estimate of drug-likeness (QED) is 0.447. The molecule has 1 aromatic heterocycles. The lowest BCUT2D eigenvalue weighted by atomic mass is 10.2. The molecule has 0 aliphatic rings. The number of anilines is 1. The van der Waals surface area contributed by atoms with Crippen molar-refractivity contribution < 1.29 is 14.0 Å². The van der Waals surface area contributed by atoms with Gasteiger partial charge >= 0.3 is 0 Å². The molecular weight excluding hydrogens is 425 g/mol. The van der Waals surface area contributed by atoms with Crippen molar-refractivity contribution in [2.45, 2.75) is 25.7 Å². The Balaban J connectivity index is 1.34. The van der Waals surface area contributed by atoms with E-state index in [9.17, 15) is 9.59 Å². The maximum Gasteiger partial charge on any atom is 0.224 e. The maximum atomic E-state index is 12.0. The zero-order valence-corrected chi connectivity index (χ0v) is 17.7. The predicted molar refractivity (Wildman–Crippen MR) is 118 cm³/mol. The molecule has 1 heterocycles. The van der Waals surface area contributed by atoms with Crippen LogP contribution in [0.5, 0.6) is 0 Å². The van der Waals surface area contributed by atoms with Gasteiger partial charge in [-0.15, -0.1) is 0 Å².